The summed E-state index contributed by atoms with van der Waals surface area (Å²) in [6.45, 7) is -0.0287. The third-order valence-corrected chi connectivity index (χ3v) is 6.41. The van der Waals surface area contributed by atoms with Crippen molar-refractivity contribution in [3.05, 3.63) is 58.3 Å². The molecule has 0 saturated heterocycles. The van der Waals surface area contributed by atoms with Gasteiger partial charge in [-0.1, -0.05) is 29.8 Å². The van der Waals surface area contributed by atoms with Crippen molar-refractivity contribution >= 4 is 38.9 Å². The standard InChI is InChI=1S/C17H16ClN3O4S2/c1-19-27(23,24)12-7-15(21(2)8-12)17(22)25-9-11-10-26-16(20-11)13-5-3-4-6-14(13)18/h3-8,10,19H,9H2,1-2H3. The average Bonchev–Trinajstić information content (AvgIpc) is 3.27. The van der Waals surface area contributed by atoms with Crippen LogP contribution >= 0.6 is 22.9 Å². The van der Waals surface area contributed by atoms with E-state index in [-0.39, 0.29) is 17.2 Å². The second-order valence-electron chi connectivity index (χ2n) is 5.58. The molecule has 0 unspecified atom stereocenters. The molecule has 0 aliphatic carbocycles. The van der Waals surface area contributed by atoms with E-state index >= 15 is 0 Å². The molecule has 1 aromatic carbocycles. The number of hydrogen-bond acceptors (Lipinski definition) is 6. The molecule has 142 valence electrons. The number of nitrogens with one attached hydrogen (secondary N) is 1. The Morgan fingerprint density at radius 3 is 2.81 bits per heavy atom. The van der Waals surface area contributed by atoms with Crippen molar-refractivity contribution in [3.63, 3.8) is 0 Å². The molecule has 10 heteroatoms. The lowest BCUT2D eigenvalue weighted by atomic mass is 10.2. The number of hydrogen-bond donors (Lipinski definition) is 1. The van der Waals surface area contributed by atoms with Gasteiger partial charge in [-0.05, 0) is 19.2 Å². The molecule has 0 fully saturated rings. The van der Waals surface area contributed by atoms with Gasteiger partial charge in [0.1, 0.15) is 22.2 Å². The van der Waals surface area contributed by atoms with Crippen LogP contribution < -0.4 is 4.72 Å². The first-order valence-electron chi connectivity index (χ1n) is 7.78. The van der Waals surface area contributed by atoms with E-state index in [2.05, 4.69) is 9.71 Å². The van der Waals surface area contributed by atoms with Gasteiger partial charge in [0.05, 0.1) is 10.7 Å². The average molecular weight is 426 g/mol. The van der Waals surface area contributed by atoms with Crippen molar-refractivity contribution in [3.8, 4) is 10.6 Å². The van der Waals surface area contributed by atoms with E-state index in [1.165, 1.54) is 35.2 Å². The molecule has 0 bridgehead atoms. The van der Waals surface area contributed by atoms with Gasteiger partial charge in [-0.3, -0.25) is 0 Å². The zero-order valence-electron chi connectivity index (χ0n) is 14.5. The Morgan fingerprint density at radius 2 is 2.11 bits per heavy atom. The minimum Gasteiger partial charge on any atom is -0.454 e. The summed E-state index contributed by atoms with van der Waals surface area (Å²) in [5.41, 5.74) is 1.53. The highest BCUT2D eigenvalue weighted by molar-refractivity contribution is 7.89. The van der Waals surface area contributed by atoms with Gasteiger partial charge in [-0.15, -0.1) is 11.3 Å². The maximum atomic E-state index is 12.3. The summed E-state index contributed by atoms with van der Waals surface area (Å²) in [7, 11) is -0.756. The van der Waals surface area contributed by atoms with Crippen molar-refractivity contribution in [2.45, 2.75) is 11.5 Å². The summed E-state index contributed by atoms with van der Waals surface area (Å²) >= 11 is 7.57. The van der Waals surface area contributed by atoms with E-state index in [1.54, 1.807) is 18.5 Å². The van der Waals surface area contributed by atoms with Crippen LogP contribution in [0.25, 0.3) is 10.6 Å². The molecule has 27 heavy (non-hydrogen) atoms. The lowest BCUT2D eigenvalue weighted by molar-refractivity contribution is 0.0457. The highest BCUT2D eigenvalue weighted by Crippen LogP contribution is 2.30. The molecular weight excluding hydrogens is 410 g/mol. The molecule has 7 nitrogen and oxygen atoms in total. The predicted octanol–water partition coefficient (Wildman–Crippen LogP) is 3.07. The number of esters is 1. The molecule has 0 aliphatic heterocycles. The number of sulfonamides is 1. The van der Waals surface area contributed by atoms with Crippen molar-refractivity contribution < 1.29 is 17.9 Å². The Kier molecular flexibility index (Phi) is 5.66. The van der Waals surface area contributed by atoms with Crippen LogP contribution in [-0.4, -0.2) is 31.0 Å². The highest BCUT2D eigenvalue weighted by atomic mass is 35.5. The Hall–Kier alpha value is -2.20. The number of halogens is 1. The van der Waals surface area contributed by atoms with Crippen molar-refractivity contribution in [2.75, 3.05) is 7.05 Å². The fourth-order valence-electron chi connectivity index (χ4n) is 2.35. The van der Waals surface area contributed by atoms with E-state index in [1.807, 2.05) is 18.2 Å². The Balaban J connectivity index is 1.71. The largest absolute Gasteiger partial charge is 0.454 e. The van der Waals surface area contributed by atoms with Crippen LogP contribution in [0, 0.1) is 0 Å². The van der Waals surface area contributed by atoms with Crippen LogP contribution in [0.3, 0.4) is 0 Å². The summed E-state index contributed by atoms with van der Waals surface area (Å²) in [6, 6.07) is 8.62. The van der Waals surface area contributed by atoms with Gasteiger partial charge in [-0.25, -0.2) is 22.9 Å². The fourth-order valence-corrected chi connectivity index (χ4v) is 4.27. The molecule has 3 aromatic rings. The van der Waals surface area contributed by atoms with Gasteiger partial charge in [-0.2, -0.15) is 0 Å². The van der Waals surface area contributed by atoms with Crippen LogP contribution in [-0.2, 0) is 28.4 Å². The van der Waals surface area contributed by atoms with Gasteiger partial charge >= 0.3 is 5.97 Å². The van der Waals surface area contributed by atoms with Crippen molar-refractivity contribution in [2.24, 2.45) is 7.05 Å². The normalized spacial score (nSPS) is 11.5. The Bertz CT molecular complexity index is 1090. The number of aryl methyl sites for hydroxylation is 1. The number of rotatable bonds is 6. The summed E-state index contributed by atoms with van der Waals surface area (Å²) in [6.07, 6.45) is 1.35. The minimum atomic E-state index is -3.63. The molecule has 0 amide bonds. The quantitative estimate of drug-likeness (QED) is 0.613. The monoisotopic (exact) mass is 425 g/mol. The number of nitrogens with zero attached hydrogens (tertiary/aromatic N) is 2. The molecule has 2 aromatic heterocycles. The molecule has 2 heterocycles. The second kappa shape index (κ2) is 7.81. The fraction of sp³-hybridized carbons (Fsp3) is 0.176. The molecule has 0 aliphatic rings. The van der Waals surface area contributed by atoms with Gasteiger partial charge in [0.2, 0.25) is 10.0 Å². The number of aromatic nitrogens is 2. The minimum absolute atomic E-state index is 0.00545. The smallest absolute Gasteiger partial charge is 0.355 e. The number of benzene rings is 1. The molecule has 0 atom stereocenters. The van der Waals surface area contributed by atoms with Gasteiger partial charge in [0.15, 0.2) is 0 Å². The van der Waals surface area contributed by atoms with E-state index < -0.39 is 16.0 Å². The van der Waals surface area contributed by atoms with Crippen LogP contribution in [0.5, 0.6) is 0 Å². The summed E-state index contributed by atoms with van der Waals surface area (Å²) in [5, 5.41) is 3.11. The lowest BCUT2D eigenvalue weighted by Gasteiger charge is -2.03. The summed E-state index contributed by atoms with van der Waals surface area (Å²) < 4.78 is 32.6. The summed E-state index contributed by atoms with van der Waals surface area (Å²) in [4.78, 5) is 16.7. The first kappa shape index (κ1) is 19.6. The van der Waals surface area contributed by atoms with Crippen LogP contribution in [0.4, 0.5) is 0 Å². The zero-order chi connectivity index (χ0) is 19.6. The molecule has 0 saturated carbocycles. The van der Waals surface area contributed by atoms with Gasteiger partial charge < -0.3 is 9.30 Å². The zero-order valence-corrected chi connectivity index (χ0v) is 16.9. The second-order valence-corrected chi connectivity index (χ2v) is 8.73. The highest BCUT2D eigenvalue weighted by Gasteiger charge is 2.20. The molecule has 0 spiro atoms. The van der Waals surface area contributed by atoms with Crippen molar-refractivity contribution in [1.82, 2.24) is 14.3 Å². The third kappa shape index (κ3) is 4.22. The first-order chi connectivity index (χ1) is 12.8. The molecule has 0 radical (unpaired) electrons. The molecule has 1 N–H and O–H groups in total. The maximum Gasteiger partial charge on any atom is 0.355 e. The molecule has 3 rings (SSSR count). The van der Waals surface area contributed by atoms with E-state index in [4.69, 9.17) is 16.3 Å². The van der Waals surface area contributed by atoms with E-state index in [0.717, 1.165) is 10.6 Å². The maximum absolute atomic E-state index is 12.3. The van der Waals surface area contributed by atoms with Gasteiger partial charge in [0.25, 0.3) is 0 Å². The number of carbonyl (C=O) groups excluding carboxylic acids is 1. The van der Waals surface area contributed by atoms with Crippen LogP contribution in [0.1, 0.15) is 16.2 Å². The third-order valence-electron chi connectivity index (χ3n) is 3.78. The Labute approximate surface area is 165 Å². The predicted molar refractivity (Wildman–Crippen MR) is 103 cm³/mol. The van der Waals surface area contributed by atoms with Crippen LogP contribution in [0.15, 0.2) is 46.8 Å². The number of ether oxygens (including phenoxy) is 1. The topological polar surface area (TPSA) is 90.3 Å². The SMILES string of the molecule is CNS(=O)(=O)c1cc(C(=O)OCc2csc(-c3ccccc3Cl)n2)n(C)c1. The van der Waals surface area contributed by atoms with Crippen LogP contribution in [0.2, 0.25) is 5.02 Å². The number of carbonyl (C=O) groups is 1. The van der Waals surface area contributed by atoms with E-state index in [9.17, 15) is 13.2 Å². The van der Waals surface area contributed by atoms with Gasteiger partial charge in [0, 0.05) is 24.2 Å². The van der Waals surface area contributed by atoms with E-state index in [0.29, 0.717) is 10.7 Å². The Morgan fingerprint density at radius 1 is 1.37 bits per heavy atom. The number of thiazole rings is 1. The van der Waals surface area contributed by atoms with Crippen molar-refractivity contribution in [1.29, 1.82) is 0 Å². The lowest BCUT2D eigenvalue weighted by Crippen LogP contribution is -2.17. The first-order valence-corrected chi connectivity index (χ1v) is 10.5. The summed E-state index contributed by atoms with van der Waals surface area (Å²) in [5.74, 6) is -0.637. The molecular formula is C17H16ClN3O4S2.